The van der Waals surface area contributed by atoms with E-state index in [0.717, 1.165) is 12.8 Å². The second-order valence-corrected chi connectivity index (χ2v) is 9.86. The summed E-state index contributed by atoms with van der Waals surface area (Å²) in [5.41, 5.74) is 5.00. The van der Waals surface area contributed by atoms with E-state index >= 15 is 0 Å². The van der Waals surface area contributed by atoms with Crippen LogP contribution in [0.3, 0.4) is 0 Å². The molecule has 0 radical (unpaired) electrons. The zero-order valence-electron chi connectivity index (χ0n) is 21.3. The first-order valence-electron chi connectivity index (χ1n) is 12.2. The Hall–Kier alpha value is -3.91. The van der Waals surface area contributed by atoms with Crippen molar-refractivity contribution >= 4 is 29.1 Å². The van der Waals surface area contributed by atoms with Crippen LogP contribution in [0.25, 0.3) is 11.4 Å². The monoisotopic (exact) mass is 516 g/mol. The number of nitrogens with zero attached hydrogens (tertiary/aromatic N) is 5. The summed E-state index contributed by atoms with van der Waals surface area (Å²) in [6.07, 6.45) is 5.16. The molecule has 1 N–H and O–H groups in total. The molecule has 1 aliphatic carbocycles. The Morgan fingerprint density at radius 2 is 1.89 bits per heavy atom. The van der Waals surface area contributed by atoms with Gasteiger partial charge in [-0.2, -0.15) is 5.10 Å². The van der Waals surface area contributed by atoms with Crippen molar-refractivity contribution in [2.45, 2.75) is 38.8 Å². The Morgan fingerprint density at radius 3 is 2.54 bits per heavy atom. The fourth-order valence-electron chi connectivity index (χ4n) is 4.59. The number of benzene rings is 2. The number of aromatic nitrogens is 4. The lowest BCUT2D eigenvalue weighted by Gasteiger charge is -2.25. The molecule has 2 heterocycles. The van der Waals surface area contributed by atoms with Crippen LogP contribution < -0.4 is 10.1 Å². The lowest BCUT2D eigenvalue weighted by molar-refractivity contribution is 0.0737. The molecule has 190 valence electrons. The van der Waals surface area contributed by atoms with Gasteiger partial charge in [-0.15, -0.1) is 0 Å². The van der Waals surface area contributed by atoms with Gasteiger partial charge in [-0.25, -0.2) is 9.97 Å². The van der Waals surface area contributed by atoms with Gasteiger partial charge >= 0.3 is 0 Å². The highest BCUT2D eigenvalue weighted by Crippen LogP contribution is 2.32. The Balaban J connectivity index is 1.34. The normalized spacial score (nSPS) is 13.0. The number of ether oxygens (including phenoxy) is 1. The van der Waals surface area contributed by atoms with Crippen molar-refractivity contribution in [3.63, 3.8) is 0 Å². The van der Waals surface area contributed by atoms with Crippen molar-refractivity contribution in [2.75, 3.05) is 19.5 Å². The first kappa shape index (κ1) is 24.8. The zero-order chi connectivity index (χ0) is 26.1. The van der Waals surface area contributed by atoms with Crippen molar-refractivity contribution in [3.05, 3.63) is 82.6 Å². The molecule has 9 heteroatoms. The van der Waals surface area contributed by atoms with Gasteiger partial charge in [0.05, 0.1) is 24.0 Å². The van der Waals surface area contributed by atoms with Gasteiger partial charge in [0.1, 0.15) is 17.1 Å². The molecule has 0 spiro atoms. The molecule has 0 aliphatic heterocycles. The third-order valence-corrected chi connectivity index (χ3v) is 6.99. The van der Waals surface area contributed by atoms with E-state index in [4.69, 9.17) is 16.3 Å². The van der Waals surface area contributed by atoms with Crippen LogP contribution in [0, 0.1) is 0 Å². The van der Waals surface area contributed by atoms with Crippen molar-refractivity contribution in [1.29, 1.82) is 0 Å². The number of carbonyl (C=O) groups is 1. The van der Waals surface area contributed by atoms with Crippen LogP contribution in [0.5, 0.6) is 5.75 Å². The van der Waals surface area contributed by atoms with Gasteiger partial charge < -0.3 is 15.0 Å². The minimum atomic E-state index is -0.0478. The SMILES string of the molecule is COc1cc(C(=O)N(C)C2Cc3ccccc3C2)ccc1Nc1ncc(Cl)c(-c2ccn(C(C)C)n2)n1. The van der Waals surface area contributed by atoms with Gasteiger partial charge in [-0.05, 0) is 62.1 Å². The highest BCUT2D eigenvalue weighted by molar-refractivity contribution is 6.32. The topological polar surface area (TPSA) is 85.2 Å². The average molecular weight is 517 g/mol. The second-order valence-electron chi connectivity index (χ2n) is 9.45. The number of methoxy groups -OCH3 is 1. The van der Waals surface area contributed by atoms with E-state index in [1.54, 1.807) is 31.5 Å². The molecule has 1 aliphatic rings. The van der Waals surface area contributed by atoms with E-state index in [1.807, 2.05) is 41.0 Å². The largest absolute Gasteiger partial charge is 0.495 e. The van der Waals surface area contributed by atoms with Crippen LogP contribution in [-0.4, -0.2) is 50.8 Å². The van der Waals surface area contributed by atoms with Crippen molar-refractivity contribution in [2.24, 2.45) is 0 Å². The van der Waals surface area contributed by atoms with Gasteiger partial charge in [0.25, 0.3) is 5.91 Å². The molecular weight excluding hydrogens is 488 g/mol. The number of carbonyl (C=O) groups excluding carboxylic acids is 1. The van der Waals surface area contributed by atoms with E-state index in [2.05, 4.69) is 46.4 Å². The number of hydrogen-bond acceptors (Lipinski definition) is 6. The standard InChI is InChI=1S/C28H29ClN6O2/c1-17(2)35-12-11-24(33-35)26-22(29)16-30-28(32-26)31-23-10-9-20(15-25(23)37-4)27(36)34(3)21-13-18-7-5-6-8-19(18)14-21/h5-12,15-17,21H,13-14H2,1-4H3,(H,30,31,32). The zero-order valence-corrected chi connectivity index (χ0v) is 22.0. The smallest absolute Gasteiger partial charge is 0.254 e. The molecule has 0 fully saturated rings. The Labute approximate surface area is 221 Å². The van der Waals surface area contributed by atoms with E-state index < -0.39 is 0 Å². The molecule has 2 aromatic carbocycles. The van der Waals surface area contributed by atoms with Gasteiger partial charge in [-0.3, -0.25) is 9.48 Å². The first-order chi connectivity index (χ1) is 17.8. The van der Waals surface area contributed by atoms with Crippen LogP contribution in [0.4, 0.5) is 11.6 Å². The van der Waals surface area contributed by atoms with Crippen LogP contribution in [-0.2, 0) is 12.8 Å². The summed E-state index contributed by atoms with van der Waals surface area (Å²) in [4.78, 5) is 24.0. The maximum absolute atomic E-state index is 13.3. The van der Waals surface area contributed by atoms with Crippen molar-refractivity contribution in [1.82, 2.24) is 24.6 Å². The number of anilines is 2. The molecule has 0 unspecified atom stereocenters. The molecule has 4 aromatic rings. The van der Waals surface area contributed by atoms with Crippen LogP contribution in [0.1, 0.15) is 41.4 Å². The van der Waals surface area contributed by atoms with Crippen LogP contribution in [0.2, 0.25) is 5.02 Å². The summed E-state index contributed by atoms with van der Waals surface area (Å²) in [5, 5.41) is 8.16. The van der Waals surface area contributed by atoms with Gasteiger partial charge in [0.2, 0.25) is 5.95 Å². The minimum Gasteiger partial charge on any atom is -0.495 e. The third-order valence-electron chi connectivity index (χ3n) is 6.72. The molecule has 5 rings (SSSR count). The highest BCUT2D eigenvalue weighted by Gasteiger charge is 2.28. The summed E-state index contributed by atoms with van der Waals surface area (Å²) in [6, 6.07) is 15.9. The third kappa shape index (κ3) is 5.02. The number of hydrogen-bond donors (Lipinski definition) is 1. The molecule has 0 bridgehead atoms. The Morgan fingerprint density at radius 1 is 1.16 bits per heavy atom. The summed E-state index contributed by atoms with van der Waals surface area (Å²) >= 11 is 6.38. The molecule has 37 heavy (non-hydrogen) atoms. The van der Waals surface area contributed by atoms with E-state index in [9.17, 15) is 4.79 Å². The van der Waals surface area contributed by atoms with Gasteiger partial charge in [-0.1, -0.05) is 35.9 Å². The number of likely N-dealkylation sites (N-methyl/N-ethyl adjacent to an activating group) is 1. The molecule has 8 nitrogen and oxygen atoms in total. The van der Waals surface area contributed by atoms with E-state index in [0.29, 0.717) is 39.4 Å². The van der Waals surface area contributed by atoms with Gasteiger partial charge in [0, 0.05) is 30.9 Å². The van der Waals surface area contributed by atoms with Crippen molar-refractivity contribution in [3.8, 4) is 17.1 Å². The Bertz CT molecular complexity index is 1430. The number of fused-ring (bicyclic) bond motifs is 1. The number of amides is 1. The quantitative estimate of drug-likeness (QED) is 0.346. The predicted molar refractivity (Wildman–Crippen MR) is 145 cm³/mol. The number of halogens is 1. The molecule has 0 atom stereocenters. The lowest BCUT2D eigenvalue weighted by atomic mass is 10.1. The molecule has 0 saturated heterocycles. The molecular formula is C28H29ClN6O2. The number of rotatable bonds is 7. The summed E-state index contributed by atoms with van der Waals surface area (Å²) in [5.74, 6) is 0.809. The van der Waals surface area contributed by atoms with E-state index in [-0.39, 0.29) is 18.0 Å². The molecule has 2 aromatic heterocycles. The van der Waals surface area contributed by atoms with E-state index in [1.165, 1.54) is 11.1 Å². The predicted octanol–water partition coefficient (Wildman–Crippen LogP) is 5.57. The van der Waals surface area contributed by atoms with Gasteiger partial charge in [0.15, 0.2) is 0 Å². The fourth-order valence-corrected chi connectivity index (χ4v) is 4.77. The van der Waals surface area contributed by atoms with Crippen LogP contribution in [0.15, 0.2) is 60.9 Å². The summed E-state index contributed by atoms with van der Waals surface area (Å²) in [7, 11) is 3.43. The summed E-state index contributed by atoms with van der Waals surface area (Å²) < 4.78 is 7.45. The maximum Gasteiger partial charge on any atom is 0.254 e. The minimum absolute atomic E-state index is 0.0478. The van der Waals surface area contributed by atoms with Crippen molar-refractivity contribution < 1.29 is 9.53 Å². The lowest BCUT2D eigenvalue weighted by Crippen LogP contribution is -2.37. The van der Waals surface area contributed by atoms with Crippen LogP contribution >= 0.6 is 11.6 Å². The first-order valence-corrected chi connectivity index (χ1v) is 12.6. The fraction of sp³-hybridized carbons (Fsp3) is 0.286. The Kier molecular flexibility index (Phi) is 6.84. The highest BCUT2D eigenvalue weighted by atomic mass is 35.5. The second kappa shape index (κ2) is 10.2. The molecule has 1 amide bonds. The number of nitrogens with one attached hydrogen (secondary N) is 1. The molecule has 0 saturated carbocycles. The summed E-state index contributed by atoms with van der Waals surface area (Å²) in [6.45, 7) is 4.10. The average Bonchev–Trinajstić information content (AvgIpc) is 3.57. The maximum atomic E-state index is 13.3.